The summed E-state index contributed by atoms with van der Waals surface area (Å²) in [6.07, 6.45) is 1.35. The summed E-state index contributed by atoms with van der Waals surface area (Å²) in [4.78, 5) is 10.7. The molecule has 0 spiro atoms. The predicted molar refractivity (Wildman–Crippen MR) is 91.2 cm³/mol. The van der Waals surface area contributed by atoms with Crippen LogP contribution in [0.4, 0.5) is 5.82 Å². The molecule has 0 amide bonds. The van der Waals surface area contributed by atoms with Gasteiger partial charge in [0.15, 0.2) is 5.82 Å². The number of nitrogens with zero attached hydrogens (tertiary/aromatic N) is 2. The van der Waals surface area contributed by atoms with Gasteiger partial charge in [-0.2, -0.15) is 0 Å². The van der Waals surface area contributed by atoms with E-state index in [0.717, 1.165) is 5.56 Å². The first-order valence-electron chi connectivity index (χ1n) is 7.13. The van der Waals surface area contributed by atoms with Gasteiger partial charge in [0.05, 0.1) is 17.5 Å². The summed E-state index contributed by atoms with van der Waals surface area (Å²) in [5, 5.41) is 0.671. The normalized spacial score (nSPS) is 11.4. The number of benzene rings is 2. The fourth-order valence-corrected chi connectivity index (χ4v) is 3.00. The highest BCUT2D eigenvalue weighted by Crippen LogP contribution is 2.23. The summed E-state index contributed by atoms with van der Waals surface area (Å²) in [7, 11) is -2.14. The van der Waals surface area contributed by atoms with Crippen molar-refractivity contribution >= 4 is 26.7 Å². The van der Waals surface area contributed by atoms with Crippen molar-refractivity contribution in [3.05, 3.63) is 54.4 Å². The van der Waals surface area contributed by atoms with E-state index in [2.05, 4.69) is 20.2 Å². The van der Waals surface area contributed by atoms with Crippen molar-refractivity contribution in [1.82, 2.24) is 14.8 Å². The standard InChI is InChI=1S/C16H16N4O3S/c1-11-3-6-13(7-4-11)24(21,22)20-19-16-14-8-5-12(23-2)9-15(14)17-10-18-16/h3-10,20H,1-2H3,(H,17,18,19). The summed E-state index contributed by atoms with van der Waals surface area (Å²) in [6.45, 7) is 1.89. The summed E-state index contributed by atoms with van der Waals surface area (Å²) < 4.78 is 29.8. The molecule has 0 atom stereocenters. The van der Waals surface area contributed by atoms with Crippen molar-refractivity contribution in [3.63, 3.8) is 0 Å². The lowest BCUT2D eigenvalue weighted by molar-refractivity contribution is 0.415. The van der Waals surface area contributed by atoms with Gasteiger partial charge in [-0.3, -0.25) is 5.43 Å². The second-order valence-corrected chi connectivity index (χ2v) is 6.83. The molecule has 8 heteroatoms. The van der Waals surface area contributed by atoms with Crippen LogP contribution in [-0.4, -0.2) is 25.5 Å². The summed E-state index contributed by atoms with van der Waals surface area (Å²) in [5.41, 5.74) is 4.27. The van der Waals surface area contributed by atoms with E-state index in [4.69, 9.17) is 4.74 Å². The molecule has 0 fully saturated rings. The molecular formula is C16H16N4O3S. The maximum atomic E-state index is 12.3. The van der Waals surface area contributed by atoms with Gasteiger partial charge in [0.1, 0.15) is 12.1 Å². The van der Waals surface area contributed by atoms with Gasteiger partial charge < -0.3 is 4.74 Å². The quantitative estimate of drug-likeness (QED) is 0.690. The molecule has 0 bridgehead atoms. The van der Waals surface area contributed by atoms with E-state index >= 15 is 0 Å². The minimum absolute atomic E-state index is 0.167. The largest absolute Gasteiger partial charge is 0.497 e. The molecule has 1 heterocycles. The number of hydrogen-bond acceptors (Lipinski definition) is 6. The minimum atomic E-state index is -3.70. The third-order valence-corrected chi connectivity index (χ3v) is 4.74. The Hall–Kier alpha value is -2.71. The molecule has 0 unspecified atom stereocenters. The van der Waals surface area contributed by atoms with Crippen LogP contribution in [0.3, 0.4) is 0 Å². The highest BCUT2D eigenvalue weighted by molar-refractivity contribution is 7.89. The zero-order valence-electron chi connectivity index (χ0n) is 13.1. The Balaban J connectivity index is 1.86. The molecule has 2 aromatic carbocycles. The topological polar surface area (TPSA) is 93.2 Å². The molecule has 124 valence electrons. The van der Waals surface area contributed by atoms with Crippen LogP contribution in [0.15, 0.2) is 53.7 Å². The van der Waals surface area contributed by atoms with Crippen LogP contribution in [0.2, 0.25) is 0 Å². The van der Waals surface area contributed by atoms with Gasteiger partial charge in [0.2, 0.25) is 0 Å². The zero-order chi connectivity index (χ0) is 17.2. The van der Waals surface area contributed by atoms with Gasteiger partial charge in [-0.1, -0.05) is 17.7 Å². The van der Waals surface area contributed by atoms with Crippen molar-refractivity contribution in [1.29, 1.82) is 0 Å². The molecule has 0 aliphatic heterocycles. The Kier molecular flexibility index (Phi) is 4.32. The highest BCUT2D eigenvalue weighted by atomic mass is 32.2. The molecule has 0 aliphatic carbocycles. The Bertz CT molecular complexity index is 972. The number of rotatable bonds is 5. The van der Waals surface area contributed by atoms with Crippen LogP contribution in [-0.2, 0) is 10.0 Å². The SMILES string of the molecule is COc1ccc2c(NNS(=O)(=O)c3ccc(C)cc3)ncnc2c1. The van der Waals surface area contributed by atoms with Crippen molar-refractivity contribution < 1.29 is 13.2 Å². The van der Waals surface area contributed by atoms with Crippen LogP contribution in [0.25, 0.3) is 10.9 Å². The zero-order valence-corrected chi connectivity index (χ0v) is 14.0. The van der Waals surface area contributed by atoms with Crippen molar-refractivity contribution in [2.24, 2.45) is 0 Å². The van der Waals surface area contributed by atoms with Gasteiger partial charge in [-0.05, 0) is 31.2 Å². The number of fused-ring (bicyclic) bond motifs is 1. The highest BCUT2D eigenvalue weighted by Gasteiger charge is 2.14. The minimum Gasteiger partial charge on any atom is -0.497 e. The van der Waals surface area contributed by atoms with E-state index in [1.807, 2.05) is 6.92 Å². The molecule has 0 radical (unpaired) electrons. The number of hydrogen-bond donors (Lipinski definition) is 2. The van der Waals surface area contributed by atoms with Crippen molar-refractivity contribution in [3.8, 4) is 5.75 Å². The molecule has 0 saturated carbocycles. The van der Waals surface area contributed by atoms with Crippen LogP contribution in [0.5, 0.6) is 5.75 Å². The molecule has 0 saturated heterocycles. The number of sulfonamides is 1. The molecular weight excluding hydrogens is 328 g/mol. The number of aryl methyl sites for hydroxylation is 1. The fourth-order valence-electron chi connectivity index (χ4n) is 2.16. The number of ether oxygens (including phenoxy) is 1. The van der Waals surface area contributed by atoms with Crippen LogP contribution in [0.1, 0.15) is 5.56 Å². The molecule has 1 aromatic heterocycles. The van der Waals surface area contributed by atoms with Crippen molar-refractivity contribution in [2.75, 3.05) is 12.5 Å². The average molecular weight is 344 g/mol. The molecule has 24 heavy (non-hydrogen) atoms. The van der Waals surface area contributed by atoms with Gasteiger partial charge in [0.25, 0.3) is 10.0 Å². The van der Waals surface area contributed by atoms with Crippen LogP contribution < -0.4 is 15.0 Å². The molecule has 7 nitrogen and oxygen atoms in total. The van der Waals surface area contributed by atoms with Gasteiger partial charge in [-0.15, -0.1) is 4.83 Å². The molecule has 3 rings (SSSR count). The number of aromatic nitrogens is 2. The lowest BCUT2D eigenvalue weighted by Gasteiger charge is -2.11. The maximum Gasteiger partial charge on any atom is 0.257 e. The first-order chi connectivity index (χ1) is 11.5. The third kappa shape index (κ3) is 3.29. The van der Waals surface area contributed by atoms with E-state index < -0.39 is 10.0 Å². The monoisotopic (exact) mass is 344 g/mol. The Labute approximate surface area is 139 Å². The Morgan fingerprint density at radius 3 is 2.50 bits per heavy atom. The van der Waals surface area contributed by atoms with Gasteiger partial charge in [0, 0.05) is 11.5 Å². The van der Waals surface area contributed by atoms with Gasteiger partial charge >= 0.3 is 0 Å². The smallest absolute Gasteiger partial charge is 0.257 e. The lowest BCUT2D eigenvalue weighted by atomic mass is 10.2. The second-order valence-electron chi connectivity index (χ2n) is 5.15. The fraction of sp³-hybridized carbons (Fsp3) is 0.125. The summed E-state index contributed by atoms with van der Waals surface area (Å²) >= 11 is 0. The Morgan fingerprint density at radius 1 is 1.04 bits per heavy atom. The summed E-state index contributed by atoms with van der Waals surface area (Å²) in [5.74, 6) is 1.02. The van der Waals surface area contributed by atoms with Gasteiger partial charge in [-0.25, -0.2) is 18.4 Å². The first kappa shape index (κ1) is 16.2. The van der Waals surface area contributed by atoms with E-state index in [1.165, 1.54) is 6.33 Å². The second kappa shape index (κ2) is 6.42. The number of anilines is 1. The lowest BCUT2D eigenvalue weighted by Crippen LogP contribution is -2.30. The predicted octanol–water partition coefficient (Wildman–Crippen LogP) is 2.25. The molecule has 2 N–H and O–H groups in total. The van der Waals surface area contributed by atoms with E-state index in [0.29, 0.717) is 22.5 Å². The van der Waals surface area contributed by atoms with Crippen molar-refractivity contribution in [2.45, 2.75) is 11.8 Å². The van der Waals surface area contributed by atoms with Crippen LogP contribution in [0, 0.1) is 6.92 Å². The first-order valence-corrected chi connectivity index (χ1v) is 8.61. The van der Waals surface area contributed by atoms with E-state index in [9.17, 15) is 8.42 Å². The Morgan fingerprint density at radius 2 is 1.79 bits per heavy atom. The van der Waals surface area contributed by atoms with E-state index in [-0.39, 0.29) is 4.90 Å². The maximum absolute atomic E-state index is 12.3. The molecule has 0 aliphatic rings. The van der Waals surface area contributed by atoms with Crippen LogP contribution >= 0.6 is 0 Å². The van der Waals surface area contributed by atoms with E-state index in [1.54, 1.807) is 49.6 Å². The third-order valence-electron chi connectivity index (χ3n) is 3.48. The summed E-state index contributed by atoms with van der Waals surface area (Å²) in [6, 6.07) is 11.8. The average Bonchev–Trinajstić information content (AvgIpc) is 2.59. The number of nitrogens with one attached hydrogen (secondary N) is 2. The number of hydrazine groups is 1. The molecule has 3 aromatic rings. The number of methoxy groups -OCH3 is 1.